The molecule has 0 aromatic carbocycles. The zero-order valence-electron chi connectivity index (χ0n) is 52.4. The van der Waals surface area contributed by atoms with Crippen LogP contribution in [0.4, 0.5) is 0 Å². The summed E-state index contributed by atoms with van der Waals surface area (Å²) in [4.78, 5) is 38.4. The molecular weight excluding hydrogens is 973 g/mol. The van der Waals surface area contributed by atoms with E-state index in [1.54, 1.807) is 0 Å². The Bertz CT molecular complexity index is 1500. The number of esters is 3. The predicted molar refractivity (Wildman–Crippen MR) is 344 cm³/mol. The maximum atomic E-state index is 12.9. The summed E-state index contributed by atoms with van der Waals surface area (Å²) < 4.78 is 17.0. The number of carbonyl (C=O) groups excluding carboxylic acids is 3. The van der Waals surface area contributed by atoms with Crippen molar-refractivity contribution < 1.29 is 28.6 Å². The summed E-state index contributed by atoms with van der Waals surface area (Å²) in [6.07, 6.45) is 88.8. The van der Waals surface area contributed by atoms with Crippen LogP contribution in [0.5, 0.6) is 0 Å². The van der Waals surface area contributed by atoms with Crippen LogP contribution in [0.15, 0.2) is 85.1 Å². The lowest BCUT2D eigenvalue weighted by atomic mass is 10.0. The molecule has 1 atom stereocenters. The van der Waals surface area contributed by atoms with Gasteiger partial charge in [-0.3, -0.25) is 14.4 Å². The van der Waals surface area contributed by atoms with Crippen molar-refractivity contribution in [2.45, 2.75) is 348 Å². The number of hydrogen-bond acceptors (Lipinski definition) is 6. The van der Waals surface area contributed by atoms with Crippen molar-refractivity contribution in [1.82, 2.24) is 0 Å². The van der Waals surface area contributed by atoms with Gasteiger partial charge in [0.15, 0.2) is 6.10 Å². The molecule has 456 valence electrons. The SMILES string of the molecule is CC/C=C\C/C=C\C/C=C\C/C=C\C/C=C\CCCCCCCCCCCC(=O)OCC(COC(=O)CCCCCCC/C=C\C/C=C\CCCCC)OC(=O)CCCCCCCCCCCCCCCCCCCCCCC. The van der Waals surface area contributed by atoms with Gasteiger partial charge in [0.2, 0.25) is 0 Å². The first kappa shape index (κ1) is 75.6. The molecule has 6 heteroatoms. The van der Waals surface area contributed by atoms with Crippen molar-refractivity contribution in [3.63, 3.8) is 0 Å². The van der Waals surface area contributed by atoms with Crippen molar-refractivity contribution >= 4 is 17.9 Å². The summed E-state index contributed by atoms with van der Waals surface area (Å²) in [7, 11) is 0. The lowest BCUT2D eigenvalue weighted by molar-refractivity contribution is -0.167. The van der Waals surface area contributed by atoms with Crippen molar-refractivity contribution in [2.24, 2.45) is 0 Å². The lowest BCUT2D eigenvalue weighted by Gasteiger charge is -2.18. The third-order valence-corrected chi connectivity index (χ3v) is 14.9. The van der Waals surface area contributed by atoms with Crippen LogP contribution in [0.3, 0.4) is 0 Å². The fraction of sp³-hybridized carbons (Fsp3) is 0.767. The largest absolute Gasteiger partial charge is 0.462 e. The molecule has 6 nitrogen and oxygen atoms in total. The minimum Gasteiger partial charge on any atom is -0.462 e. The molecule has 0 rings (SSSR count). The minimum atomic E-state index is -0.785. The highest BCUT2D eigenvalue weighted by Gasteiger charge is 2.19. The van der Waals surface area contributed by atoms with Gasteiger partial charge in [-0.05, 0) is 96.3 Å². The van der Waals surface area contributed by atoms with Gasteiger partial charge in [-0.25, -0.2) is 0 Å². The molecule has 0 aromatic heterocycles. The Morgan fingerprint density at radius 1 is 0.266 bits per heavy atom. The first-order valence-electron chi connectivity index (χ1n) is 34.1. The summed E-state index contributed by atoms with van der Waals surface area (Å²) in [5, 5.41) is 0. The van der Waals surface area contributed by atoms with Crippen LogP contribution in [0.2, 0.25) is 0 Å². The van der Waals surface area contributed by atoms with Gasteiger partial charge in [-0.1, -0.05) is 311 Å². The number of carbonyl (C=O) groups is 3. The normalized spacial score (nSPS) is 12.6. The fourth-order valence-corrected chi connectivity index (χ4v) is 9.80. The quantitative estimate of drug-likeness (QED) is 0.0261. The monoisotopic (exact) mass is 1100 g/mol. The third-order valence-electron chi connectivity index (χ3n) is 14.9. The van der Waals surface area contributed by atoms with E-state index in [2.05, 4.69) is 106 Å². The predicted octanol–water partition coefficient (Wildman–Crippen LogP) is 23.4. The molecule has 0 amide bonds. The second-order valence-corrected chi connectivity index (χ2v) is 22.7. The molecule has 0 heterocycles. The van der Waals surface area contributed by atoms with Gasteiger partial charge in [0.1, 0.15) is 13.2 Å². The molecule has 0 aromatic rings. The summed E-state index contributed by atoms with van der Waals surface area (Å²) >= 11 is 0. The summed E-state index contributed by atoms with van der Waals surface area (Å²) in [6.45, 7) is 6.53. The molecule has 0 saturated heterocycles. The van der Waals surface area contributed by atoms with Crippen molar-refractivity contribution in [1.29, 1.82) is 0 Å². The maximum Gasteiger partial charge on any atom is 0.306 e. The van der Waals surface area contributed by atoms with Gasteiger partial charge in [0.25, 0.3) is 0 Å². The van der Waals surface area contributed by atoms with Crippen LogP contribution >= 0.6 is 0 Å². The first-order valence-corrected chi connectivity index (χ1v) is 34.1. The maximum absolute atomic E-state index is 12.9. The number of hydrogen-bond donors (Lipinski definition) is 0. The summed E-state index contributed by atoms with van der Waals surface area (Å²) in [6, 6.07) is 0. The van der Waals surface area contributed by atoms with Crippen LogP contribution in [-0.2, 0) is 28.6 Å². The van der Waals surface area contributed by atoms with Gasteiger partial charge >= 0.3 is 17.9 Å². The highest BCUT2D eigenvalue weighted by atomic mass is 16.6. The number of ether oxygens (including phenoxy) is 3. The van der Waals surface area contributed by atoms with E-state index in [-0.39, 0.29) is 31.1 Å². The minimum absolute atomic E-state index is 0.0814. The molecule has 79 heavy (non-hydrogen) atoms. The molecule has 0 N–H and O–H groups in total. The number of allylic oxidation sites excluding steroid dienone is 14. The third kappa shape index (κ3) is 65.3. The first-order chi connectivity index (χ1) is 39.0. The molecule has 0 aliphatic rings. The molecule has 0 fully saturated rings. The van der Waals surface area contributed by atoms with Crippen molar-refractivity contribution in [2.75, 3.05) is 13.2 Å². The lowest BCUT2D eigenvalue weighted by Crippen LogP contribution is -2.30. The molecular formula is C73H128O6. The number of unbranched alkanes of at least 4 members (excludes halogenated alkanes) is 37. The van der Waals surface area contributed by atoms with Crippen LogP contribution < -0.4 is 0 Å². The van der Waals surface area contributed by atoms with Gasteiger partial charge in [-0.15, -0.1) is 0 Å². The Balaban J connectivity index is 4.34. The Hall–Kier alpha value is -3.41. The van der Waals surface area contributed by atoms with Gasteiger partial charge in [0.05, 0.1) is 0 Å². The van der Waals surface area contributed by atoms with E-state index in [9.17, 15) is 14.4 Å². The second kappa shape index (κ2) is 67.1. The van der Waals surface area contributed by atoms with E-state index in [1.165, 1.54) is 186 Å². The zero-order chi connectivity index (χ0) is 57.1. The Kier molecular flexibility index (Phi) is 64.2. The summed E-state index contributed by atoms with van der Waals surface area (Å²) in [5.74, 6) is -0.882. The Morgan fingerprint density at radius 3 is 0.797 bits per heavy atom. The average Bonchev–Trinajstić information content (AvgIpc) is 3.45. The van der Waals surface area contributed by atoms with Crippen LogP contribution in [0.1, 0.15) is 342 Å². The highest BCUT2D eigenvalue weighted by molar-refractivity contribution is 5.71. The van der Waals surface area contributed by atoms with E-state index in [1.807, 2.05) is 0 Å². The zero-order valence-corrected chi connectivity index (χ0v) is 52.4. The second-order valence-electron chi connectivity index (χ2n) is 22.7. The molecule has 1 unspecified atom stereocenters. The Labute approximate surface area is 490 Å². The molecule has 0 aliphatic heterocycles. The van der Waals surface area contributed by atoms with Gasteiger partial charge < -0.3 is 14.2 Å². The van der Waals surface area contributed by atoms with Gasteiger partial charge in [-0.2, -0.15) is 0 Å². The van der Waals surface area contributed by atoms with Crippen LogP contribution in [0, 0.1) is 0 Å². The van der Waals surface area contributed by atoms with E-state index in [0.29, 0.717) is 19.3 Å². The average molecular weight is 1100 g/mol. The summed E-state index contributed by atoms with van der Waals surface area (Å²) in [5.41, 5.74) is 0. The molecule has 0 radical (unpaired) electrons. The van der Waals surface area contributed by atoms with Crippen molar-refractivity contribution in [3.05, 3.63) is 85.1 Å². The molecule has 0 aliphatic carbocycles. The molecule has 0 saturated carbocycles. The Morgan fingerprint density at radius 2 is 0.494 bits per heavy atom. The highest BCUT2D eigenvalue weighted by Crippen LogP contribution is 2.17. The van der Waals surface area contributed by atoms with E-state index >= 15 is 0 Å². The van der Waals surface area contributed by atoms with E-state index < -0.39 is 6.10 Å². The van der Waals surface area contributed by atoms with E-state index in [4.69, 9.17) is 14.2 Å². The van der Waals surface area contributed by atoms with Crippen LogP contribution in [0.25, 0.3) is 0 Å². The number of rotatable bonds is 62. The molecule has 0 spiro atoms. The van der Waals surface area contributed by atoms with E-state index in [0.717, 1.165) is 116 Å². The van der Waals surface area contributed by atoms with Crippen LogP contribution in [-0.4, -0.2) is 37.2 Å². The molecule has 0 bridgehead atoms. The van der Waals surface area contributed by atoms with Crippen molar-refractivity contribution in [3.8, 4) is 0 Å². The smallest absolute Gasteiger partial charge is 0.306 e. The standard InChI is InChI=1S/C73H128O6/c1-4-7-10-13-16-19-22-25-28-30-32-34-35-36-37-39-40-42-45-48-51-54-57-60-63-66-72(75)78-69-70(68-77-71(74)65-62-59-56-53-50-47-44-27-24-21-18-15-12-9-6-3)79-73(76)67-64-61-58-55-52-49-46-43-41-38-33-31-29-26-23-20-17-14-11-8-5-2/h7,10,16,18-19,21,25,27-28,32,34,36-37,44,70H,4-6,8-9,11-15,17,20,22-24,26,29-31,33,35,38-43,45-69H2,1-3H3/b10-7-,19-16-,21-18-,28-25-,34-32-,37-36-,44-27-. The topological polar surface area (TPSA) is 78.9 Å². The van der Waals surface area contributed by atoms with Gasteiger partial charge in [0, 0.05) is 19.3 Å². The fourth-order valence-electron chi connectivity index (χ4n) is 9.80.